The molecule has 0 heteroatoms. The minimum atomic E-state index is 0.0709. The standard InChI is InChI=1S/C24H24.C22H20.C11H14/c1-17-13-15-19(16-14-17)22-11-6-12-23(24(22)20-8-5-9-20)21-10-4-3-7-18(21)2;1-15-9-11-18-19-12-10-17(16-7-5-4-6-8-16)14-21(19)22(2,3)20(18)13-15;1-3-7-10(2)11-8-5-4-6-9-11/h3-4,6-7,10-16,20H,5,8-9H2,1-2H3;4-14H,1-3H3;4-6,8-9H,2-3,7H2,1H3. The molecule has 0 N–H and O–H groups in total. The van der Waals surface area contributed by atoms with Gasteiger partial charge in [0.15, 0.2) is 0 Å². The minimum Gasteiger partial charge on any atom is -0.0952 e. The molecule has 1 fully saturated rings. The summed E-state index contributed by atoms with van der Waals surface area (Å²) >= 11 is 0. The Morgan fingerprint density at radius 3 is 1.74 bits per heavy atom. The van der Waals surface area contributed by atoms with Crippen LogP contribution in [0.1, 0.15) is 97.7 Å². The number of fused-ring (bicyclic) bond motifs is 3. The Balaban J connectivity index is 0.000000140. The second-order valence-corrected chi connectivity index (χ2v) is 16.6. The SMILES string of the molecule is C=C(CCC)c1ccccc1.Cc1ccc(-c2cccc(-c3ccccc3C)c2C2CCC2)cc1.Cc1ccc2c(c1)C(C)(C)c1cc(-c3ccccc3)ccc1-2. The highest BCUT2D eigenvalue weighted by molar-refractivity contribution is 5.84. The first-order valence-electron chi connectivity index (χ1n) is 21.0. The van der Waals surface area contributed by atoms with Gasteiger partial charge in [-0.2, -0.15) is 0 Å². The van der Waals surface area contributed by atoms with Crippen LogP contribution in [0.4, 0.5) is 0 Å². The molecule has 7 aromatic carbocycles. The highest BCUT2D eigenvalue weighted by atomic mass is 14.4. The van der Waals surface area contributed by atoms with Crippen LogP contribution in [0.15, 0.2) is 170 Å². The summed E-state index contributed by atoms with van der Waals surface area (Å²) in [5, 5.41) is 0. The summed E-state index contributed by atoms with van der Waals surface area (Å²) in [4.78, 5) is 0. The summed E-state index contributed by atoms with van der Waals surface area (Å²) in [6.45, 7) is 17.4. The Hall–Kier alpha value is -5.72. The van der Waals surface area contributed by atoms with Crippen LogP contribution in [0, 0.1) is 20.8 Å². The molecule has 0 unspecified atom stereocenters. The molecule has 0 heterocycles. The van der Waals surface area contributed by atoms with Crippen LogP contribution in [0.5, 0.6) is 0 Å². The predicted molar refractivity (Wildman–Crippen MR) is 248 cm³/mol. The van der Waals surface area contributed by atoms with Crippen molar-refractivity contribution < 1.29 is 0 Å². The van der Waals surface area contributed by atoms with Crippen molar-refractivity contribution in [3.05, 3.63) is 209 Å². The number of hydrogen-bond acceptors (Lipinski definition) is 0. The second-order valence-electron chi connectivity index (χ2n) is 16.6. The summed E-state index contributed by atoms with van der Waals surface area (Å²) in [6.07, 6.45) is 6.28. The quantitative estimate of drug-likeness (QED) is 0.153. The molecule has 0 aliphatic heterocycles. The van der Waals surface area contributed by atoms with Gasteiger partial charge >= 0.3 is 0 Å². The van der Waals surface area contributed by atoms with E-state index in [9.17, 15) is 0 Å². The van der Waals surface area contributed by atoms with Crippen LogP contribution >= 0.6 is 0 Å². The third-order valence-electron chi connectivity index (χ3n) is 12.1. The van der Waals surface area contributed by atoms with Gasteiger partial charge in [-0.15, -0.1) is 0 Å². The number of hydrogen-bond donors (Lipinski definition) is 0. The summed E-state index contributed by atoms with van der Waals surface area (Å²) in [7, 11) is 0. The van der Waals surface area contributed by atoms with Crippen molar-refractivity contribution in [3.63, 3.8) is 0 Å². The molecular formula is C57H58. The maximum atomic E-state index is 4.01. The Morgan fingerprint density at radius 1 is 0.526 bits per heavy atom. The fraction of sp³-hybridized carbons (Fsp3) is 0.228. The Morgan fingerprint density at radius 2 is 1.09 bits per heavy atom. The predicted octanol–water partition coefficient (Wildman–Crippen LogP) is 16.4. The molecule has 7 aromatic rings. The number of allylic oxidation sites excluding steroid dienone is 1. The van der Waals surface area contributed by atoms with E-state index in [-0.39, 0.29) is 5.41 Å². The van der Waals surface area contributed by atoms with Crippen molar-refractivity contribution in [1.82, 2.24) is 0 Å². The lowest BCUT2D eigenvalue weighted by Gasteiger charge is -2.31. The first kappa shape index (κ1) is 39.5. The minimum absolute atomic E-state index is 0.0709. The van der Waals surface area contributed by atoms with Crippen LogP contribution < -0.4 is 0 Å². The van der Waals surface area contributed by atoms with Crippen molar-refractivity contribution >= 4 is 5.57 Å². The molecule has 2 aliphatic carbocycles. The van der Waals surface area contributed by atoms with Gasteiger partial charge < -0.3 is 0 Å². The Labute approximate surface area is 343 Å². The zero-order valence-electron chi connectivity index (χ0n) is 34.9. The van der Waals surface area contributed by atoms with E-state index >= 15 is 0 Å². The monoisotopic (exact) mass is 742 g/mol. The van der Waals surface area contributed by atoms with E-state index < -0.39 is 0 Å². The lowest BCUT2D eigenvalue weighted by molar-refractivity contribution is 0.421. The van der Waals surface area contributed by atoms with Crippen molar-refractivity contribution in [2.45, 2.75) is 85.0 Å². The van der Waals surface area contributed by atoms with E-state index in [0.29, 0.717) is 5.92 Å². The van der Waals surface area contributed by atoms with Crippen LogP contribution in [0.2, 0.25) is 0 Å². The lowest BCUT2D eigenvalue weighted by Crippen LogP contribution is -2.15. The Bertz CT molecular complexity index is 2440. The molecule has 2 aliphatic rings. The topological polar surface area (TPSA) is 0 Å². The molecule has 0 saturated heterocycles. The fourth-order valence-corrected chi connectivity index (χ4v) is 8.58. The summed E-state index contributed by atoms with van der Waals surface area (Å²) in [5.41, 5.74) is 22.0. The molecule has 0 radical (unpaired) electrons. The van der Waals surface area contributed by atoms with Gasteiger partial charge in [0.25, 0.3) is 0 Å². The van der Waals surface area contributed by atoms with Crippen LogP contribution in [0.25, 0.3) is 50.1 Å². The number of rotatable bonds is 7. The molecule has 0 bridgehead atoms. The molecule has 0 spiro atoms. The molecule has 9 rings (SSSR count). The highest BCUT2D eigenvalue weighted by Crippen LogP contribution is 2.50. The van der Waals surface area contributed by atoms with E-state index in [0.717, 1.165) is 6.42 Å². The third-order valence-corrected chi connectivity index (χ3v) is 12.1. The number of aryl methyl sites for hydroxylation is 3. The maximum absolute atomic E-state index is 4.01. The van der Waals surface area contributed by atoms with Crippen LogP contribution in [-0.4, -0.2) is 0 Å². The second kappa shape index (κ2) is 17.6. The van der Waals surface area contributed by atoms with Gasteiger partial charge in [0, 0.05) is 5.41 Å². The molecule has 0 amide bonds. The van der Waals surface area contributed by atoms with Crippen LogP contribution in [-0.2, 0) is 5.41 Å². The average molecular weight is 743 g/mol. The summed E-state index contributed by atoms with van der Waals surface area (Å²) < 4.78 is 0. The molecule has 1 saturated carbocycles. The van der Waals surface area contributed by atoms with Crippen LogP contribution in [0.3, 0.4) is 0 Å². The van der Waals surface area contributed by atoms with Crippen molar-refractivity contribution in [2.24, 2.45) is 0 Å². The van der Waals surface area contributed by atoms with E-state index in [1.165, 1.54) is 109 Å². The van der Waals surface area contributed by atoms with Gasteiger partial charge in [0.2, 0.25) is 0 Å². The maximum Gasteiger partial charge on any atom is 0.0159 e. The summed E-state index contributed by atoms with van der Waals surface area (Å²) in [6, 6.07) is 59.4. The zero-order chi connectivity index (χ0) is 39.9. The Kier molecular flexibility index (Phi) is 12.2. The number of benzene rings is 7. The van der Waals surface area contributed by atoms with Gasteiger partial charge in [-0.1, -0.05) is 209 Å². The van der Waals surface area contributed by atoms with Gasteiger partial charge in [0.1, 0.15) is 0 Å². The normalized spacial score (nSPS) is 13.5. The molecule has 286 valence electrons. The van der Waals surface area contributed by atoms with Gasteiger partial charge in [-0.05, 0) is 130 Å². The van der Waals surface area contributed by atoms with Crippen molar-refractivity contribution in [3.8, 4) is 44.5 Å². The molecule has 57 heavy (non-hydrogen) atoms. The molecule has 0 atom stereocenters. The van der Waals surface area contributed by atoms with Crippen molar-refractivity contribution in [2.75, 3.05) is 0 Å². The van der Waals surface area contributed by atoms with Gasteiger partial charge in [-0.3, -0.25) is 0 Å². The molecule has 0 aromatic heterocycles. The summed E-state index contributed by atoms with van der Waals surface area (Å²) in [5.74, 6) is 0.706. The first-order valence-corrected chi connectivity index (χ1v) is 21.0. The van der Waals surface area contributed by atoms with E-state index in [1.54, 1.807) is 5.56 Å². The van der Waals surface area contributed by atoms with E-state index in [4.69, 9.17) is 0 Å². The third kappa shape index (κ3) is 8.67. The molecule has 0 nitrogen and oxygen atoms in total. The van der Waals surface area contributed by atoms with E-state index in [1.807, 2.05) is 6.07 Å². The van der Waals surface area contributed by atoms with Gasteiger partial charge in [0.05, 0.1) is 0 Å². The average Bonchev–Trinajstić information content (AvgIpc) is 3.44. The highest BCUT2D eigenvalue weighted by Gasteiger charge is 2.35. The molecular weight excluding hydrogens is 685 g/mol. The first-order chi connectivity index (χ1) is 27.7. The zero-order valence-corrected chi connectivity index (χ0v) is 34.9. The van der Waals surface area contributed by atoms with E-state index in [2.05, 4.69) is 206 Å². The fourth-order valence-electron chi connectivity index (χ4n) is 8.58. The lowest BCUT2D eigenvalue weighted by atomic mass is 9.74. The van der Waals surface area contributed by atoms with Crippen molar-refractivity contribution in [1.29, 1.82) is 0 Å². The largest absolute Gasteiger partial charge is 0.0952 e. The smallest absolute Gasteiger partial charge is 0.0159 e. The van der Waals surface area contributed by atoms with Gasteiger partial charge in [-0.25, -0.2) is 0 Å².